The topological polar surface area (TPSA) is 49.4 Å². The van der Waals surface area contributed by atoms with Gasteiger partial charge in [0, 0.05) is 31.7 Å². The van der Waals surface area contributed by atoms with Gasteiger partial charge in [0.1, 0.15) is 0 Å². The number of rotatable bonds is 3. The Balaban J connectivity index is 2.56. The van der Waals surface area contributed by atoms with Gasteiger partial charge in [-0.25, -0.2) is 8.42 Å². The summed E-state index contributed by atoms with van der Waals surface area (Å²) < 4.78 is 23.4. The highest BCUT2D eigenvalue weighted by atomic mass is 32.2. The number of nitrogens with zero attached hydrogens (tertiary/aromatic N) is 1. The maximum atomic E-state index is 12.0. The van der Waals surface area contributed by atoms with Crippen molar-refractivity contribution in [2.45, 2.75) is 51.4 Å². The largest absolute Gasteiger partial charge is 0.311 e. The highest BCUT2D eigenvalue weighted by Gasteiger charge is 2.30. The van der Waals surface area contributed by atoms with E-state index in [2.05, 4.69) is 24.1 Å². The van der Waals surface area contributed by atoms with Crippen LogP contribution in [0.5, 0.6) is 0 Å². The second-order valence-electron chi connectivity index (χ2n) is 6.08. The second-order valence-corrected chi connectivity index (χ2v) is 8.95. The van der Waals surface area contributed by atoms with E-state index in [1.54, 1.807) is 20.8 Å². The number of hydrogen-bond acceptors (Lipinski definition) is 4. The van der Waals surface area contributed by atoms with Gasteiger partial charge in [-0.3, -0.25) is 4.90 Å². The Kier molecular flexibility index (Phi) is 4.60. The molecule has 1 aliphatic heterocycles. The van der Waals surface area contributed by atoms with Gasteiger partial charge < -0.3 is 5.32 Å². The summed E-state index contributed by atoms with van der Waals surface area (Å²) in [6.45, 7) is 12.1. The average molecular weight is 262 g/mol. The highest BCUT2D eigenvalue weighted by Crippen LogP contribution is 2.17. The van der Waals surface area contributed by atoms with E-state index < -0.39 is 14.6 Å². The molecule has 2 atom stereocenters. The molecule has 1 heterocycles. The molecule has 0 spiro atoms. The molecule has 102 valence electrons. The van der Waals surface area contributed by atoms with Crippen molar-refractivity contribution < 1.29 is 8.42 Å². The van der Waals surface area contributed by atoms with E-state index in [9.17, 15) is 8.42 Å². The fourth-order valence-corrected chi connectivity index (χ4v) is 3.04. The molecule has 0 radical (unpaired) electrons. The summed E-state index contributed by atoms with van der Waals surface area (Å²) >= 11 is 0. The molecular weight excluding hydrogens is 236 g/mol. The lowest BCUT2D eigenvalue weighted by molar-refractivity contribution is 0.155. The molecule has 0 saturated carbocycles. The third-order valence-corrected chi connectivity index (χ3v) is 6.06. The summed E-state index contributed by atoms with van der Waals surface area (Å²) in [6.07, 6.45) is 0. The molecule has 0 aromatic carbocycles. The van der Waals surface area contributed by atoms with Crippen LogP contribution in [0.3, 0.4) is 0 Å². The first-order valence-electron chi connectivity index (χ1n) is 6.33. The fraction of sp³-hybridized carbons (Fsp3) is 1.00. The molecule has 1 N–H and O–H groups in total. The first kappa shape index (κ1) is 14.9. The van der Waals surface area contributed by atoms with Gasteiger partial charge >= 0.3 is 0 Å². The maximum absolute atomic E-state index is 12.0. The van der Waals surface area contributed by atoms with Gasteiger partial charge in [-0.15, -0.1) is 0 Å². The molecule has 1 saturated heterocycles. The molecule has 0 aliphatic carbocycles. The minimum absolute atomic E-state index is 0.258. The summed E-state index contributed by atoms with van der Waals surface area (Å²) in [4.78, 5) is 2.27. The molecule has 0 aromatic heterocycles. The van der Waals surface area contributed by atoms with E-state index in [1.165, 1.54) is 0 Å². The van der Waals surface area contributed by atoms with Gasteiger partial charge in [0.15, 0.2) is 9.84 Å². The monoisotopic (exact) mass is 262 g/mol. The Morgan fingerprint density at radius 3 is 2.41 bits per heavy atom. The van der Waals surface area contributed by atoms with Gasteiger partial charge in [0.2, 0.25) is 0 Å². The summed E-state index contributed by atoms with van der Waals surface area (Å²) in [5.41, 5.74) is 0. The van der Waals surface area contributed by atoms with E-state index in [0.717, 1.165) is 13.1 Å². The molecule has 5 heteroatoms. The van der Waals surface area contributed by atoms with Crippen molar-refractivity contribution in [2.24, 2.45) is 0 Å². The van der Waals surface area contributed by atoms with Crippen molar-refractivity contribution in [1.82, 2.24) is 10.2 Å². The first-order valence-corrected chi connectivity index (χ1v) is 7.98. The molecule has 0 aromatic rings. The zero-order valence-electron chi connectivity index (χ0n) is 11.7. The predicted octanol–water partition coefficient (Wildman–Crippen LogP) is 0.882. The van der Waals surface area contributed by atoms with Crippen LogP contribution in [-0.4, -0.2) is 55.5 Å². The predicted molar refractivity (Wildman–Crippen MR) is 72.0 cm³/mol. The van der Waals surface area contributed by atoms with Crippen LogP contribution in [0.15, 0.2) is 0 Å². The molecule has 1 aliphatic rings. The Labute approximate surface area is 106 Å². The van der Waals surface area contributed by atoms with Gasteiger partial charge in [0.05, 0.1) is 10.5 Å². The first-order chi connectivity index (χ1) is 7.63. The van der Waals surface area contributed by atoms with Crippen molar-refractivity contribution in [3.05, 3.63) is 0 Å². The van der Waals surface area contributed by atoms with E-state index >= 15 is 0 Å². The van der Waals surface area contributed by atoms with E-state index in [4.69, 9.17) is 0 Å². The SMILES string of the molecule is CC1CN(CCS(=O)(=O)C(C)(C)C)C(C)CN1. The average Bonchev–Trinajstić information content (AvgIpc) is 2.18. The van der Waals surface area contributed by atoms with Crippen LogP contribution in [0, 0.1) is 0 Å². The van der Waals surface area contributed by atoms with Gasteiger partial charge in [-0.1, -0.05) is 0 Å². The molecule has 2 unspecified atom stereocenters. The normalized spacial score (nSPS) is 28.3. The van der Waals surface area contributed by atoms with Crippen molar-refractivity contribution in [3.8, 4) is 0 Å². The van der Waals surface area contributed by atoms with Crippen LogP contribution < -0.4 is 5.32 Å². The van der Waals surface area contributed by atoms with Crippen molar-refractivity contribution in [3.63, 3.8) is 0 Å². The van der Waals surface area contributed by atoms with Crippen LogP contribution in [0.1, 0.15) is 34.6 Å². The van der Waals surface area contributed by atoms with E-state index in [-0.39, 0.29) is 5.75 Å². The Bertz CT molecular complexity index is 346. The third-order valence-electron chi connectivity index (χ3n) is 3.47. The second kappa shape index (κ2) is 5.24. The Morgan fingerprint density at radius 2 is 1.88 bits per heavy atom. The summed E-state index contributed by atoms with van der Waals surface area (Å²) in [5.74, 6) is 0.258. The van der Waals surface area contributed by atoms with E-state index in [1.807, 2.05) is 0 Å². The van der Waals surface area contributed by atoms with Gasteiger partial charge in [-0.05, 0) is 34.6 Å². The molecule has 17 heavy (non-hydrogen) atoms. The van der Waals surface area contributed by atoms with Crippen LogP contribution in [0.2, 0.25) is 0 Å². The standard InChI is InChI=1S/C12H26N2O2S/c1-10-9-14(11(2)8-13-10)6-7-17(15,16)12(3,4)5/h10-11,13H,6-9H2,1-5H3. The van der Waals surface area contributed by atoms with E-state index in [0.29, 0.717) is 18.6 Å². The highest BCUT2D eigenvalue weighted by molar-refractivity contribution is 7.92. The zero-order valence-corrected chi connectivity index (χ0v) is 12.5. The van der Waals surface area contributed by atoms with Crippen LogP contribution in [0.25, 0.3) is 0 Å². The molecule has 1 fully saturated rings. The van der Waals surface area contributed by atoms with Crippen LogP contribution in [0.4, 0.5) is 0 Å². The van der Waals surface area contributed by atoms with Crippen LogP contribution in [-0.2, 0) is 9.84 Å². The quantitative estimate of drug-likeness (QED) is 0.820. The molecule has 1 rings (SSSR count). The van der Waals surface area contributed by atoms with Gasteiger partial charge in [0.25, 0.3) is 0 Å². The smallest absolute Gasteiger partial charge is 0.156 e. The number of sulfone groups is 1. The minimum atomic E-state index is -3.00. The molecule has 0 bridgehead atoms. The number of piperazine rings is 1. The molecule has 4 nitrogen and oxygen atoms in total. The fourth-order valence-electron chi connectivity index (χ4n) is 1.95. The third kappa shape index (κ3) is 3.93. The zero-order chi connectivity index (χ0) is 13.3. The summed E-state index contributed by atoms with van der Waals surface area (Å²) in [7, 11) is -3.00. The lowest BCUT2D eigenvalue weighted by Gasteiger charge is -2.37. The van der Waals surface area contributed by atoms with Crippen molar-refractivity contribution >= 4 is 9.84 Å². The van der Waals surface area contributed by atoms with Crippen LogP contribution >= 0.6 is 0 Å². The lowest BCUT2D eigenvalue weighted by atomic mass is 10.1. The van der Waals surface area contributed by atoms with Crippen molar-refractivity contribution in [2.75, 3.05) is 25.4 Å². The van der Waals surface area contributed by atoms with Gasteiger partial charge in [-0.2, -0.15) is 0 Å². The van der Waals surface area contributed by atoms with Crippen molar-refractivity contribution in [1.29, 1.82) is 0 Å². The summed E-state index contributed by atoms with van der Waals surface area (Å²) in [6, 6.07) is 0.866. The number of nitrogens with one attached hydrogen (secondary N) is 1. The molecule has 0 amide bonds. The minimum Gasteiger partial charge on any atom is -0.311 e. The number of hydrogen-bond donors (Lipinski definition) is 1. The summed E-state index contributed by atoms with van der Waals surface area (Å²) in [5, 5.41) is 3.40. The Hall–Kier alpha value is -0.130. The molecular formula is C12H26N2O2S. The Morgan fingerprint density at radius 1 is 1.29 bits per heavy atom. The maximum Gasteiger partial charge on any atom is 0.156 e. The lowest BCUT2D eigenvalue weighted by Crippen LogP contribution is -2.55.